The van der Waals surface area contributed by atoms with Crippen molar-refractivity contribution in [2.45, 2.75) is 45.9 Å². The van der Waals surface area contributed by atoms with Crippen molar-refractivity contribution in [1.82, 2.24) is 4.90 Å². The van der Waals surface area contributed by atoms with E-state index in [1.54, 1.807) is 11.0 Å². The van der Waals surface area contributed by atoms with Gasteiger partial charge in [0.25, 0.3) is 0 Å². The number of benzene rings is 2. The van der Waals surface area contributed by atoms with Crippen molar-refractivity contribution in [1.29, 1.82) is 0 Å². The number of Topliss-reactive ketones (excluding diaryl/α,β-unsaturated/α-hetero) is 1. The van der Waals surface area contributed by atoms with E-state index in [0.29, 0.717) is 17.8 Å². The van der Waals surface area contributed by atoms with Crippen LogP contribution < -0.4 is 4.90 Å². The Morgan fingerprint density at radius 1 is 1.04 bits per heavy atom. The molecule has 0 spiro atoms. The molecule has 0 unspecified atom stereocenters. The van der Waals surface area contributed by atoms with Crippen molar-refractivity contribution < 1.29 is 9.59 Å². The summed E-state index contributed by atoms with van der Waals surface area (Å²) in [5, 5.41) is 0. The Morgan fingerprint density at radius 3 is 2.24 bits per heavy atom. The molecular formula is C21H24N2O2. The zero-order chi connectivity index (χ0) is 18.2. The van der Waals surface area contributed by atoms with Gasteiger partial charge in [-0.1, -0.05) is 42.5 Å². The summed E-state index contributed by atoms with van der Waals surface area (Å²) in [5.41, 5.74) is 2.15. The first kappa shape index (κ1) is 17.4. The first-order valence-corrected chi connectivity index (χ1v) is 8.54. The Labute approximate surface area is 149 Å². The third-order valence-corrected chi connectivity index (χ3v) is 4.60. The zero-order valence-electron chi connectivity index (χ0n) is 15.2. The number of fused-ring (bicyclic) bond motifs is 1. The highest BCUT2D eigenvalue weighted by Crippen LogP contribution is 2.36. The van der Waals surface area contributed by atoms with E-state index in [1.807, 2.05) is 48.5 Å². The van der Waals surface area contributed by atoms with Crippen LogP contribution in [0, 0.1) is 0 Å². The Bertz CT molecular complexity index is 793. The number of nitrogens with zero attached hydrogens (tertiary/aromatic N) is 2. The third-order valence-electron chi connectivity index (χ3n) is 4.60. The van der Waals surface area contributed by atoms with Gasteiger partial charge in [0.1, 0.15) is 0 Å². The Morgan fingerprint density at radius 2 is 1.64 bits per heavy atom. The highest BCUT2D eigenvalue weighted by atomic mass is 16.2. The van der Waals surface area contributed by atoms with Crippen molar-refractivity contribution in [3.8, 4) is 0 Å². The first-order valence-electron chi connectivity index (χ1n) is 8.54. The highest BCUT2D eigenvalue weighted by molar-refractivity contribution is 6.17. The van der Waals surface area contributed by atoms with Crippen LogP contribution in [0.5, 0.6) is 0 Å². The standard InChI is InChI=1S/C21H24N2O2/c1-15(24)23-18-13-9-8-12-17(18)19(25)20(23)22(21(2,3)4)14-16-10-6-5-7-11-16/h5-13,20H,14H2,1-4H3/t20-/m0/s1. The first-order chi connectivity index (χ1) is 11.8. The molecule has 0 aromatic heterocycles. The molecule has 130 valence electrons. The number of ketones is 1. The van der Waals surface area contributed by atoms with E-state index in [-0.39, 0.29) is 17.2 Å². The molecule has 1 aliphatic heterocycles. The molecule has 0 radical (unpaired) electrons. The maximum Gasteiger partial charge on any atom is 0.225 e. The van der Waals surface area contributed by atoms with Gasteiger partial charge in [-0.2, -0.15) is 0 Å². The second-order valence-electron chi connectivity index (χ2n) is 7.43. The molecule has 1 heterocycles. The molecule has 25 heavy (non-hydrogen) atoms. The lowest BCUT2D eigenvalue weighted by Crippen LogP contribution is -2.57. The molecule has 1 amide bonds. The van der Waals surface area contributed by atoms with E-state index in [9.17, 15) is 9.59 Å². The third kappa shape index (κ3) is 3.22. The van der Waals surface area contributed by atoms with E-state index in [2.05, 4.69) is 25.7 Å². The molecule has 4 nitrogen and oxygen atoms in total. The lowest BCUT2D eigenvalue weighted by Gasteiger charge is -2.42. The van der Waals surface area contributed by atoms with E-state index in [1.165, 1.54) is 6.92 Å². The minimum absolute atomic E-state index is 0.0170. The van der Waals surface area contributed by atoms with Gasteiger partial charge in [-0.15, -0.1) is 0 Å². The van der Waals surface area contributed by atoms with Gasteiger partial charge in [-0.05, 0) is 38.5 Å². The summed E-state index contributed by atoms with van der Waals surface area (Å²) in [6.07, 6.45) is -0.616. The number of carbonyl (C=O) groups excluding carboxylic acids is 2. The molecule has 2 aromatic carbocycles. The molecule has 2 aromatic rings. The van der Waals surface area contributed by atoms with Crippen LogP contribution in [-0.2, 0) is 11.3 Å². The molecule has 0 bridgehead atoms. The van der Waals surface area contributed by atoms with E-state index < -0.39 is 6.17 Å². The molecule has 1 atom stereocenters. The summed E-state index contributed by atoms with van der Waals surface area (Å²) in [5.74, 6) is -0.137. The van der Waals surface area contributed by atoms with Crippen LogP contribution in [0.2, 0.25) is 0 Å². The van der Waals surface area contributed by atoms with E-state index >= 15 is 0 Å². The molecule has 0 N–H and O–H groups in total. The quantitative estimate of drug-likeness (QED) is 0.854. The average Bonchev–Trinajstić information content (AvgIpc) is 2.86. The van der Waals surface area contributed by atoms with E-state index in [4.69, 9.17) is 0 Å². The number of hydrogen-bond acceptors (Lipinski definition) is 3. The second kappa shape index (κ2) is 6.45. The van der Waals surface area contributed by atoms with Gasteiger partial charge in [-0.25, -0.2) is 0 Å². The minimum atomic E-state index is -0.616. The summed E-state index contributed by atoms with van der Waals surface area (Å²) >= 11 is 0. The van der Waals surface area contributed by atoms with Crippen molar-refractivity contribution in [3.05, 3.63) is 65.7 Å². The van der Waals surface area contributed by atoms with Crippen LogP contribution in [-0.4, -0.2) is 28.3 Å². The Hall–Kier alpha value is -2.46. The smallest absolute Gasteiger partial charge is 0.225 e. The predicted molar refractivity (Wildman–Crippen MR) is 99.5 cm³/mol. The summed E-state index contributed by atoms with van der Waals surface area (Å²) in [6.45, 7) is 8.34. The van der Waals surface area contributed by atoms with Gasteiger partial charge < -0.3 is 0 Å². The molecule has 0 aliphatic carbocycles. The maximum absolute atomic E-state index is 13.2. The van der Waals surface area contributed by atoms with Gasteiger partial charge in [0, 0.05) is 24.6 Å². The molecule has 1 aliphatic rings. The number of anilines is 1. The Kier molecular flexibility index (Phi) is 4.48. The van der Waals surface area contributed by atoms with E-state index in [0.717, 1.165) is 5.56 Å². The number of rotatable bonds is 3. The topological polar surface area (TPSA) is 40.6 Å². The lowest BCUT2D eigenvalue weighted by molar-refractivity contribution is -0.117. The highest BCUT2D eigenvalue weighted by Gasteiger charge is 2.45. The summed E-state index contributed by atoms with van der Waals surface area (Å²) < 4.78 is 0. The Balaban J connectivity index is 2.06. The van der Waals surface area contributed by atoms with Crippen LogP contribution in [0.3, 0.4) is 0 Å². The predicted octanol–water partition coefficient (Wildman–Crippen LogP) is 3.86. The zero-order valence-corrected chi connectivity index (χ0v) is 15.2. The van der Waals surface area contributed by atoms with Gasteiger partial charge in [0.2, 0.25) is 11.7 Å². The molecule has 4 heteroatoms. The fourth-order valence-corrected chi connectivity index (χ4v) is 3.37. The largest absolute Gasteiger partial charge is 0.290 e. The van der Waals surface area contributed by atoms with Crippen LogP contribution >= 0.6 is 0 Å². The number of carbonyl (C=O) groups is 2. The lowest BCUT2D eigenvalue weighted by atomic mass is 10.0. The molecular weight excluding hydrogens is 312 g/mol. The van der Waals surface area contributed by atoms with Gasteiger partial charge >= 0.3 is 0 Å². The van der Waals surface area contributed by atoms with Crippen molar-refractivity contribution in [2.75, 3.05) is 4.90 Å². The SMILES string of the molecule is CC(=O)N1c2ccccc2C(=O)[C@H]1N(Cc1ccccc1)C(C)(C)C. The fourth-order valence-electron chi connectivity index (χ4n) is 3.37. The van der Waals surface area contributed by atoms with Gasteiger partial charge in [0.15, 0.2) is 6.17 Å². The molecule has 0 fully saturated rings. The van der Waals surface area contributed by atoms with Crippen molar-refractivity contribution in [3.63, 3.8) is 0 Å². The normalized spacial score (nSPS) is 17.1. The minimum Gasteiger partial charge on any atom is -0.290 e. The molecule has 3 rings (SSSR count). The van der Waals surface area contributed by atoms with Gasteiger partial charge in [-0.3, -0.25) is 19.4 Å². The van der Waals surface area contributed by atoms with Crippen LogP contribution in [0.4, 0.5) is 5.69 Å². The van der Waals surface area contributed by atoms with Crippen LogP contribution in [0.25, 0.3) is 0 Å². The fraction of sp³-hybridized carbons (Fsp3) is 0.333. The van der Waals surface area contributed by atoms with Crippen LogP contribution in [0.1, 0.15) is 43.6 Å². The summed E-state index contributed by atoms with van der Waals surface area (Å²) in [4.78, 5) is 29.3. The number of amides is 1. The van der Waals surface area contributed by atoms with Crippen molar-refractivity contribution in [2.24, 2.45) is 0 Å². The number of para-hydroxylation sites is 1. The molecule has 0 saturated heterocycles. The van der Waals surface area contributed by atoms with Crippen LogP contribution in [0.15, 0.2) is 54.6 Å². The average molecular weight is 336 g/mol. The summed E-state index contributed by atoms with van der Waals surface area (Å²) in [6, 6.07) is 17.4. The van der Waals surface area contributed by atoms with Gasteiger partial charge in [0.05, 0.1) is 5.69 Å². The molecule has 0 saturated carbocycles. The second-order valence-corrected chi connectivity index (χ2v) is 7.43. The summed E-state index contributed by atoms with van der Waals surface area (Å²) in [7, 11) is 0. The maximum atomic E-state index is 13.2. The number of hydrogen-bond donors (Lipinski definition) is 0. The van der Waals surface area contributed by atoms with Crippen molar-refractivity contribution >= 4 is 17.4 Å². The monoisotopic (exact) mass is 336 g/mol.